The van der Waals surface area contributed by atoms with Gasteiger partial charge in [0.25, 0.3) is 0 Å². The molecule has 8 heteroatoms. The number of carbonyl (C=O) groups excluding carboxylic acids is 1. The molecule has 1 rings (SSSR count). The van der Waals surface area contributed by atoms with Gasteiger partial charge in [0.15, 0.2) is 6.04 Å². The number of aliphatic hydroxyl groups is 1. The summed E-state index contributed by atoms with van der Waals surface area (Å²) in [5, 5.41) is 29.1. The van der Waals surface area contributed by atoms with Crippen molar-refractivity contribution in [2.75, 3.05) is 0 Å². The van der Waals surface area contributed by atoms with Crippen molar-refractivity contribution in [2.45, 2.75) is 32.0 Å². The Morgan fingerprint density at radius 2 is 2.06 bits per heavy atom. The van der Waals surface area contributed by atoms with Gasteiger partial charge in [0.1, 0.15) is 0 Å². The van der Waals surface area contributed by atoms with Gasteiger partial charge in [-0.05, 0) is 13.8 Å². The molecule has 0 fully saturated rings. The van der Waals surface area contributed by atoms with E-state index in [4.69, 9.17) is 5.11 Å². The third kappa shape index (κ3) is 3.74. The summed E-state index contributed by atoms with van der Waals surface area (Å²) in [5.41, 5.74) is 0.758. The summed E-state index contributed by atoms with van der Waals surface area (Å²) in [5.74, 6) is -1.30. The standard InChI is InChI=1S/C10H16N4O4/c1-5(7-3-11-12-4-7)13-10(18)14-8(6(2)15)9(16)17/h3-6,8,15H,1-2H3,(H,11,12)(H,16,17)(H2,13,14,18). The van der Waals surface area contributed by atoms with Crippen LogP contribution in [0.25, 0.3) is 0 Å². The van der Waals surface area contributed by atoms with Crippen LogP contribution < -0.4 is 10.6 Å². The van der Waals surface area contributed by atoms with Crippen LogP contribution in [0.15, 0.2) is 12.4 Å². The first-order valence-corrected chi connectivity index (χ1v) is 5.38. The molecule has 0 radical (unpaired) electrons. The highest BCUT2D eigenvalue weighted by molar-refractivity contribution is 5.83. The molecule has 5 N–H and O–H groups in total. The first kappa shape index (κ1) is 14.0. The van der Waals surface area contributed by atoms with E-state index in [0.717, 1.165) is 5.56 Å². The Bertz CT molecular complexity index is 404. The van der Waals surface area contributed by atoms with Crippen molar-refractivity contribution >= 4 is 12.0 Å². The normalized spacial score (nSPS) is 15.5. The molecule has 0 aliphatic rings. The number of carboxylic acid groups (broad SMARTS) is 1. The van der Waals surface area contributed by atoms with E-state index in [9.17, 15) is 14.7 Å². The topological polar surface area (TPSA) is 127 Å². The number of aromatic nitrogens is 2. The molecule has 3 unspecified atom stereocenters. The quantitative estimate of drug-likeness (QED) is 0.490. The van der Waals surface area contributed by atoms with Crippen LogP contribution in [-0.4, -0.2) is 44.6 Å². The Hall–Kier alpha value is -2.09. The maximum Gasteiger partial charge on any atom is 0.328 e. The van der Waals surface area contributed by atoms with E-state index in [0.29, 0.717) is 0 Å². The molecule has 100 valence electrons. The number of hydrogen-bond donors (Lipinski definition) is 5. The molecule has 0 saturated carbocycles. The monoisotopic (exact) mass is 256 g/mol. The predicted octanol–water partition coefficient (Wildman–Crippen LogP) is -0.396. The molecule has 1 heterocycles. The van der Waals surface area contributed by atoms with E-state index < -0.39 is 24.1 Å². The Morgan fingerprint density at radius 3 is 2.50 bits per heavy atom. The van der Waals surface area contributed by atoms with Gasteiger partial charge in [-0.25, -0.2) is 9.59 Å². The molecule has 18 heavy (non-hydrogen) atoms. The molecule has 0 bridgehead atoms. The molecule has 0 aromatic carbocycles. The van der Waals surface area contributed by atoms with Gasteiger partial charge in [-0.2, -0.15) is 5.10 Å². The van der Waals surface area contributed by atoms with Crippen molar-refractivity contribution in [3.8, 4) is 0 Å². The van der Waals surface area contributed by atoms with Gasteiger partial charge in [-0.1, -0.05) is 0 Å². The van der Waals surface area contributed by atoms with Crippen LogP contribution in [0, 0.1) is 0 Å². The minimum absolute atomic E-state index is 0.327. The summed E-state index contributed by atoms with van der Waals surface area (Å²) in [4.78, 5) is 22.3. The smallest absolute Gasteiger partial charge is 0.328 e. The molecule has 0 saturated heterocycles. The number of H-pyrrole nitrogens is 1. The zero-order valence-electron chi connectivity index (χ0n) is 10.0. The summed E-state index contributed by atoms with van der Waals surface area (Å²) in [6.07, 6.45) is 1.99. The molecular formula is C10H16N4O4. The molecular weight excluding hydrogens is 240 g/mol. The van der Waals surface area contributed by atoms with E-state index in [1.54, 1.807) is 19.3 Å². The fraction of sp³-hybridized carbons (Fsp3) is 0.500. The van der Waals surface area contributed by atoms with E-state index in [2.05, 4.69) is 20.8 Å². The summed E-state index contributed by atoms with van der Waals surface area (Å²) in [7, 11) is 0. The third-order valence-corrected chi connectivity index (χ3v) is 2.40. The molecule has 0 spiro atoms. The molecule has 2 amide bonds. The van der Waals surface area contributed by atoms with Crippen LogP contribution >= 0.6 is 0 Å². The largest absolute Gasteiger partial charge is 0.480 e. The van der Waals surface area contributed by atoms with Gasteiger partial charge >= 0.3 is 12.0 Å². The van der Waals surface area contributed by atoms with E-state index in [-0.39, 0.29) is 6.04 Å². The van der Waals surface area contributed by atoms with Gasteiger partial charge < -0.3 is 20.8 Å². The van der Waals surface area contributed by atoms with Gasteiger partial charge in [0.05, 0.1) is 18.3 Å². The molecule has 1 aromatic rings. The van der Waals surface area contributed by atoms with Crippen LogP contribution in [-0.2, 0) is 4.79 Å². The number of amides is 2. The Morgan fingerprint density at radius 1 is 1.39 bits per heavy atom. The third-order valence-electron chi connectivity index (χ3n) is 2.40. The number of carbonyl (C=O) groups is 2. The van der Waals surface area contributed by atoms with Gasteiger partial charge in [0, 0.05) is 11.8 Å². The number of carboxylic acids is 1. The number of nitrogens with one attached hydrogen (secondary N) is 3. The van der Waals surface area contributed by atoms with Gasteiger partial charge in [-0.15, -0.1) is 0 Å². The minimum atomic E-state index is -1.35. The van der Waals surface area contributed by atoms with Crippen molar-refractivity contribution in [3.05, 3.63) is 18.0 Å². The van der Waals surface area contributed by atoms with Crippen molar-refractivity contribution in [1.29, 1.82) is 0 Å². The summed E-state index contributed by atoms with van der Waals surface area (Å²) < 4.78 is 0. The summed E-state index contributed by atoms with van der Waals surface area (Å²) in [6.45, 7) is 3.02. The van der Waals surface area contributed by atoms with Gasteiger partial charge in [0.2, 0.25) is 0 Å². The number of aliphatic carboxylic acids is 1. The molecule has 1 aromatic heterocycles. The minimum Gasteiger partial charge on any atom is -0.480 e. The number of hydrogen-bond acceptors (Lipinski definition) is 4. The Labute approximate surface area is 103 Å². The fourth-order valence-corrected chi connectivity index (χ4v) is 1.35. The number of nitrogens with zero attached hydrogens (tertiary/aromatic N) is 1. The lowest BCUT2D eigenvalue weighted by Crippen LogP contribution is -2.51. The van der Waals surface area contributed by atoms with Crippen molar-refractivity contribution < 1.29 is 19.8 Å². The molecule has 0 aliphatic carbocycles. The van der Waals surface area contributed by atoms with E-state index in [1.807, 2.05) is 0 Å². The van der Waals surface area contributed by atoms with Crippen molar-refractivity contribution in [1.82, 2.24) is 20.8 Å². The highest BCUT2D eigenvalue weighted by Crippen LogP contribution is 2.08. The number of urea groups is 1. The zero-order chi connectivity index (χ0) is 13.7. The zero-order valence-corrected chi connectivity index (χ0v) is 10.0. The Kier molecular flexibility index (Phi) is 4.67. The average molecular weight is 256 g/mol. The van der Waals surface area contributed by atoms with E-state index in [1.165, 1.54) is 6.92 Å². The van der Waals surface area contributed by atoms with Crippen molar-refractivity contribution in [2.24, 2.45) is 0 Å². The molecule has 0 aliphatic heterocycles. The maximum atomic E-state index is 11.5. The summed E-state index contributed by atoms with van der Waals surface area (Å²) in [6, 6.07) is -2.34. The van der Waals surface area contributed by atoms with Crippen LogP contribution in [0.3, 0.4) is 0 Å². The number of aromatic amines is 1. The lowest BCUT2D eigenvalue weighted by Gasteiger charge is -2.19. The van der Waals surface area contributed by atoms with Gasteiger partial charge in [-0.3, -0.25) is 5.10 Å². The second kappa shape index (κ2) is 6.01. The summed E-state index contributed by atoms with van der Waals surface area (Å²) >= 11 is 0. The average Bonchev–Trinajstić information content (AvgIpc) is 2.78. The lowest BCUT2D eigenvalue weighted by molar-refractivity contribution is -0.141. The fourth-order valence-electron chi connectivity index (χ4n) is 1.35. The van der Waals surface area contributed by atoms with Crippen LogP contribution in [0.4, 0.5) is 4.79 Å². The lowest BCUT2D eigenvalue weighted by atomic mass is 10.2. The molecule has 8 nitrogen and oxygen atoms in total. The number of aliphatic hydroxyl groups excluding tert-OH is 1. The second-order valence-corrected chi connectivity index (χ2v) is 3.93. The predicted molar refractivity (Wildman–Crippen MR) is 61.8 cm³/mol. The molecule has 3 atom stereocenters. The van der Waals surface area contributed by atoms with E-state index >= 15 is 0 Å². The van der Waals surface area contributed by atoms with Crippen LogP contribution in [0.1, 0.15) is 25.5 Å². The Balaban J connectivity index is 2.53. The second-order valence-electron chi connectivity index (χ2n) is 3.93. The first-order valence-electron chi connectivity index (χ1n) is 5.38. The first-order chi connectivity index (χ1) is 8.41. The van der Waals surface area contributed by atoms with Crippen LogP contribution in [0.2, 0.25) is 0 Å². The SMILES string of the molecule is CC(NC(=O)NC(C(=O)O)C(C)O)c1cn[nH]c1. The number of rotatable bonds is 5. The van der Waals surface area contributed by atoms with Crippen LogP contribution in [0.5, 0.6) is 0 Å². The maximum absolute atomic E-state index is 11.5. The van der Waals surface area contributed by atoms with Crippen molar-refractivity contribution in [3.63, 3.8) is 0 Å². The highest BCUT2D eigenvalue weighted by atomic mass is 16.4. The highest BCUT2D eigenvalue weighted by Gasteiger charge is 2.25.